The van der Waals surface area contributed by atoms with Crippen LogP contribution in [0.25, 0.3) is 0 Å². The molecule has 0 bridgehead atoms. The van der Waals surface area contributed by atoms with Crippen LogP contribution in [0.5, 0.6) is 5.75 Å². The fraction of sp³-hybridized carbons (Fsp3) is 0.294. The van der Waals surface area contributed by atoms with E-state index < -0.39 is 24.2 Å². The fourth-order valence-corrected chi connectivity index (χ4v) is 2.94. The molecule has 0 aliphatic carbocycles. The van der Waals surface area contributed by atoms with Gasteiger partial charge in [0.1, 0.15) is 5.69 Å². The standard InChI is InChI=1S/C17H17ClF2N8O3/c1-7-8(2)27(3)24-12(7)15(30)21-13-10(31-16(19)20)6-5-9(11(13)18)14(29)22-17-23-25-26-28(17)4/h5-6,16H,1-4H3,(H,21,30)(H,22,23,26,29). The summed E-state index contributed by atoms with van der Waals surface area (Å²) in [4.78, 5) is 25.4. The molecule has 0 saturated carbocycles. The first-order valence-electron chi connectivity index (χ1n) is 8.72. The highest BCUT2D eigenvalue weighted by Crippen LogP contribution is 2.37. The van der Waals surface area contributed by atoms with Gasteiger partial charge >= 0.3 is 6.61 Å². The molecule has 0 atom stereocenters. The Labute approximate surface area is 179 Å². The molecule has 3 aromatic rings. The number of nitrogens with one attached hydrogen (secondary N) is 2. The van der Waals surface area contributed by atoms with E-state index in [0.29, 0.717) is 5.56 Å². The Bertz CT molecular complexity index is 1160. The minimum absolute atomic E-state index is 0.0270. The summed E-state index contributed by atoms with van der Waals surface area (Å²) in [5.41, 5.74) is 0.967. The highest BCUT2D eigenvalue weighted by Gasteiger charge is 2.24. The summed E-state index contributed by atoms with van der Waals surface area (Å²) in [5.74, 6) is -1.83. The number of benzene rings is 1. The number of halogens is 3. The molecule has 0 aliphatic rings. The lowest BCUT2D eigenvalue weighted by Crippen LogP contribution is -2.19. The number of aryl methyl sites for hydroxylation is 2. The van der Waals surface area contributed by atoms with Gasteiger partial charge in [0.15, 0.2) is 11.4 Å². The van der Waals surface area contributed by atoms with Crippen LogP contribution < -0.4 is 15.4 Å². The number of tetrazole rings is 1. The van der Waals surface area contributed by atoms with E-state index >= 15 is 0 Å². The zero-order chi connectivity index (χ0) is 22.9. The summed E-state index contributed by atoms with van der Waals surface area (Å²) >= 11 is 6.30. The third kappa shape index (κ3) is 4.45. The van der Waals surface area contributed by atoms with E-state index in [4.69, 9.17) is 11.6 Å². The molecule has 2 N–H and O–H groups in total. The molecular formula is C17H17ClF2N8O3. The van der Waals surface area contributed by atoms with Gasteiger partial charge < -0.3 is 10.1 Å². The SMILES string of the molecule is Cc1c(C(=O)Nc2c(OC(F)F)ccc(C(=O)Nc3nnnn3C)c2Cl)nn(C)c1C. The first-order valence-corrected chi connectivity index (χ1v) is 9.10. The van der Waals surface area contributed by atoms with Crippen molar-refractivity contribution >= 4 is 35.1 Å². The minimum atomic E-state index is -3.19. The summed E-state index contributed by atoms with van der Waals surface area (Å²) in [6.07, 6.45) is 0. The number of nitrogens with zero attached hydrogens (tertiary/aromatic N) is 6. The second kappa shape index (κ2) is 8.63. The first-order chi connectivity index (χ1) is 14.6. The van der Waals surface area contributed by atoms with Crippen LogP contribution in [0.15, 0.2) is 12.1 Å². The minimum Gasteiger partial charge on any atom is -0.433 e. The molecule has 14 heteroatoms. The number of alkyl halides is 2. The number of rotatable bonds is 6. The Morgan fingerprint density at radius 2 is 1.84 bits per heavy atom. The average molecular weight is 455 g/mol. The van der Waals surface area contributed by atoms with Crippen LogP contribution >= 0.6 is 11.6 Å². The van der Waals surface area contributed by atoms with Crippen LogP contribution in [0, 0.1) is 13.8 Å². The topological polar surface area (TPSA) is 129 Å². The maximum Gasteiger partial charge on any atom is 0.387 e. The predicted molar refractivity (Wildman–Crippen MR) is 105 cm³/mol. The Morgan fingerprint density at radius 1 is 1.13 bits per heavy atom. The maximum atomic E-state index is 12.9. The largest absolute Gasteiger partial charge is 0.433 e. The van der Waals surface area contributed by atoms with Gasteiger partial charge in [-0.2, -0.15) is 13.9 Å². The van der Waals surface area contributed by atoms with Crippen molar-refractivity contribution in [2.45, 2.75) is 20.5 Å². The van der Waals surface area contributed by atoms with Crippen LogP contribution in [0.4, 0.5) is 20.4 Å². The molecule has 31 heavy (non-hydrogen) atoms. The second-order valence-corrected chi connectivity index (χ2v) is 6.77. The molecule has 0 spiro atoms. The van der Waals surface area contributed by atoms with Gasteiger partial charge in [-0.15, -0.1) is 0 Å². The third-order valence-corrected chi connectivity index (χ3v) is 4.89. The maximum absolute atomic E-state index is 12.9. The molecule has 3 rings (SSSR count). The number of carbonyl (C=O) groups is 2. The van der Waals surface area contributed by atoms with Gasteiger partial charge in [-0.3, -0.25) is 19.6 Å². The van der Waals surface area contributed by atoms with Gasteiger partial charge in [-0.05, 0) is 36.4 Å². The predicted octanol–water partition coefficient (Wildman–Crippen LogP) is 2.32. The quantitative estimate of drug-likeness (QED) is 0.584. The molecule has 0 aliphatic heterocycles. The van der Waals surface area contributed by atoms with E-state index in [1.165, 1.54) is 22.5 Å². The Balaban J connectivity index is 1.98. The Morgan fingerprint density at radius 3 is 2.39 bits per heavy atom. The highest BCUT2D eigenvalue weighted by molar-refractivity contribution is 6.38. The van der Waals surface area contributed by atoms with E-state index in [2.05, 4.69) is 36.0 Å². The molecule has 0 radical (unpaired) electrons. The van der Waals surface area contributed by atoms with Crippen molar-refractivity contribution in [1.29, 1.82) is 0 Å². The Hall–Kier alpha value is -3.61. The van der Waals surface area contributed by atoms with Crippen molar-refractivity contribution in [3.63, 3.8) is 0 Å². The molecule has 2 heterocycles. The lowest BCUT2D eigenvalue weighted by atomic mass is 10.1. The van der Waals surface area contributed by atoms with Crippen molar-refractivity contribution in [2.75, 3.05) is 10.6 Å². The number of aromatic nitrogens is 6. The summed E-state index contributed by atoms with van der Waals surface area (Å²) in [7, 11) is 3.16. The van der Waals surface area contributed by atoms with E-state index in [1.54, 1.807) is 20.9 Å². The van der Waals surface area contributed by atoms with Crippen molar-refractivity contribution in [1.82, 2.24) is 30.0 Å². The van der Waals surface area contributed by atoms with Crippen LogP contribution in [0.1, 0.15) is 32.1 Å². The van der Waals surface area contributed by atoms with Crippen molar-refractivity contribution < 1.29 is 23.1 Å². The smallest absolute Gasteiger partial charge is 0.387 e. The van der Waals surface area contributed by atoms with Crippen molar-refractivity contribution in [2.24, 2.45) is 14.1 Å². The summed E-state index contributed by atoms with van der Waals surface area (Å²) in [5, 5.41) is 19.2. The van der Waals surface area contributed by atoms with Gasteiger partial charge in [-0.1, -0.05) is 16.7 Å². The fourth-order valence-electron chi connectivity index (χ4n) is 2.65. The molecule has 2 aromatic heterocycles. The molecule has 0 saturated heterocycles. The summed E-state index contributed by atoms with van der Waals surface area (Å²) < 4.78 is 32.9. The van der Waals surface area contributed by atoms with Crippen LogP contribution in [0.2, 0.25) is 5.02 Å². The van der Waals surface area contributed by atoms with Gasteiger partial charge in [0.05, 0.1) is 10.6 Å². The molecule has 2 amide bonds. The van der Waals surface area contributed by atoms with Gasteiger partial charge in [0, 0.05) is 25.4 Å². The molecule has 1 aromatic carbocycles. The number of hydrogen-bond acceptors (Lipinski definition) is 7. The molecule has 0 unspecified atom stereocenters. The number of carbonyl (C=O) groups excluding carboxylic acids is 2. The van der Waals surface area contributed by atoms with Gasteiger partial charge in [-0.25, -0.2) is 4.68 Å². The van der Waals surface area contributed by atoms with Gasteiger partial charge in [0.25, 0.3) is 11.8 Å². The lowest BCUT2D eigenvalue weighted by molar-refractivity contribution is -0.0493. The highest BCUT2D eigenvalue weighted by atomic mass is 35.5. The molecule has 11 nitrogen and oxygen atoms in total. The summed E-state index contributed by atoms with van der Waals surface area (Å²) in [6, 6.07) is 2.26. The zero-order valence-corrected chi connectivity index (χ0v) is 17.5. The van der Waals surface area contributed by atoms with E-state index in [9.17, 15) is 18.4 Å². The third-order valence-electron chi connectivity index (χ3n) is 4.50. The first kappa shape index (κ1) is 22.1. The number of hydrogen-bond donors (Lipinski definition) is 2. The second-order valence-electron chi connectivity index (χ2n) is 6.40. The van der Waals surface area contributed by atoms with Gasteiger partial charge in [0.2, 0.25) is 5.95 Å². The van der Waals surface area contributed by atoms with E-state index in [0.717, 1.165) is 11.8 Å². The lowest BCUT2D eigenvalue weighted by Gasteiger charge is -2.15. The van der Waals surface area contributed by atoms with Crippen LogP contribution in [0.3, 0.4) is 0 Å². The number of amides is 2. The molecular weight excluding hydrogens is 438 g/mol. The molecule has 0 fully saturated rings. The van der Waals surface area contributed by atoms with E-state index in [-0.39, 0.29) is 27.9 Å². The number of anilines is 2. The van der Waals surface area contributed by atoms with Crippen molar-refractivity contribution in [3.8, 4) is 5.75 Å². The average Bonchev–Trinajstić information content (AvgIpc) is 3.21. The normalized spacial score (nSPS) is 11.0. The van der Waals surface area contributed by atoms with Crippen molar-refractivity contribution in [3.05, 3.63) is 39.7 Å². The molecule has 164 valence electrons. The zero-order valence-electron chi connectivity index (χ0n) is 16.8. The van der Waals surface area contributed by atoms with Crippen LogP contribution in [-0.4, -0.2) is 48.4 Å². The summed E-state index contributed by atoms with van der Waals surface area (Å²) in [6.45, 7) is 0.271. The number of ether oxygens (including phenoxy) is 1. The Kier molecular flexibility index (Phi) is 6.15. The monoisotopic (exact) mass is 454 g/mol. The van der Waals surface area contributed by atoms with E-state index in [1.807, 2.05) is 0 Å². The van der Waals surface area contributed by atoms with Crippen LogP contribution in [-0.2, 0) is 14.1 Å².